The molecule has 0 saturated heterocycles. The first kappa shape index (κ1) is 17.3. The summed E-state index contributed by atoms with van der Waals surface area (Å²) in [5.41, 5.74) is 1.30. The van der Waals surface area contributed by atoms with E-state index in [1.54, 1.807) is 31.3 Å². The van der Waals surface area contributed by atoms with Crippen LogP contribution in [0.1, 0.15) is 48.8 Å². The molecule has 1 aliphatic carbocycles. The van der Waals surface area contributed by atoms with Crippen LogP contribution in [0.5, 0.6) is 0 Å². The van der Waals surface area contributed by atoms with Gasteiger partial charge in [-0.25, -0.2) is 19.2 Å². The highest BCUT2D eigenvalue weighted by Gasteiger charge is 2.29. The number of rotatable bonds is 5. The van der Waals surface area contributed by atoms with E-state index in [4.69, 9.17) is 0 Å². The van der Waals surface area contributed by atoms with E-state index in [1.807, 2.05) is 6.07 Å². The summed E-state index contributed by atoms with van der Waals surface area (Å²) in [7, 11) is 0. The van der Waals surface area contributed by atoms with E-state index >= 15 is 0 Å². The van der Waals surface area contributed by atoms with Gasteiger partial charge in [-0.2, -0.15) is 0 Å². The van der Waals surface area contributed by atoms with E-state index in [2.05, 4.69) is 20.6 Å². The molecule has 1 heterocycles. The second-order valence-corrected chi connectivity index (χ2v) is 6.47. The van der Waals surface area contributed by atoms with Crippen LogP contribution < -0.4 is 10.6 Å². The molecule has 0 spiro atoms. The first-order chi connectivity index (χ1) is 12.1. The molecule has 2 aromatic rings. The van der Waals surface area contributed by atoms with Crippen LogP contribution in [0.4, 0.5) is 9.18 Å². The minimum Gasteiger partial charge on any atom is -0.332 e. The summed E-state index contributed by atoms with van der Waals surface area (Å²) in [4.78, 5) is 20.7. The number of halogens is 1. The van der Waals surface area contributed by atoms with Gasteiger partial charge >= 0.3 is 6.03 Å². The maximum atomic E-state index is 14.3. The fourth-order valence-electron chi connectivity index (χ4n) is 3.43. The second-order valence-electron chi connectivity index (χ2n) is 6.47. The lowest BCUT2D eigenvalue weighted by atomic mass is 9.91. The van der Waals surface area contributed by atoms with Crippen molar-refractivity contribution in [3.05, 3.63) is 59.4 Å². The molecule has 0 radical (unpaired) electrons. The number of nitrogens with one attached hydrogen (secondary N) is 2. The molecule has 2 amide bonds. The summed E-state index contributed by atoms with van der Waals surface area (Å²) in [5, 5.41) is 5.77. The topological polar surface area (TPSA) is 66.9 Å². The number of hydrogen-bond donors (Lipinski definition) is 2. The molecule has 3 rings (SSSR count). The first-order valence-corrected chi connectivity index (χ1v) is 8.71. The molecule has 0 aliphatic heterocycles. The van der Waals surface area contributed by atoms with Crippen LogP contribution in [-0.4, -0.2) is 16.0 Å². The Labute approximate surface area is 147 Å². The zero-order chi connectivity index (χ0) is 17.6. The summed E-state index contributed by atoms with van der Waals surface area (Å²) in [6.45, 7) is 2.11. The first-order valence-electron chi connectivity index (χ1n) is 8.71. The van der Waals surface area contributed by atoms with E-state index in [1.165, 1.54) is 6.07 Å². The van der Waals surface area contributed by atoms with Gasteiger partial charge in [0.2, 0.25) is 0 Å². The van der Waals surface area contributed by atoms with Crippen molar-refractivity contribution < 1.29 is 9.18 Å². The van der Waals surface area contributed by atoms with Crippen molar-refractivity contribution in [2.75, 3.05) is 0 Å². The van der Waals surface area contributed by atoms with Crippen molar-refractivity contribution in [1.29, 1.82) is 0 Å². The van der Waals surface area contributed by atoms with Crippen LogP contribution in [-0.2, 0) is 6.54 Å². The molecule has 2 N–H and O–H groups in total. The van der Waals surface area contributed by atoms with Crippen LogP contribution in [0.15, 0.2) is 36.5 Å². The van der Waals surface area contributed by atoms with Crippen LogP contribution >= 0.6 is 0 Å². The smallest absolute Gasteiger partial charge is 0.315 e. The second kappa shape index (κ2) is 8.05. The van der Waals surface area contributed by atoms with E-state index in [9.17, 15) is 9.18 Å². The maximum absolute atomic E-state index is 14.3. The lowest BCUT2D eigenvalue weighted by molar-refractivity contribution is 0.230. The van der Waals surface area contributed by atoms with Gasteiger partial charge in [-0.3, -0.25) is 0 Å². The van der Waals surface area contributed by atoms with Gasteiger partial charge in [-0.15, -0.1) is 0 Å². The Morgan fingerprint density at radius 2 is 2.04 bits per heavy atom. The van der Waals surface area contributed by atoms with Crippen LogP contribution in [0.25, 0.3) is 0 Å². The van der Waals surface area contributed by atoms with Crippen molar-refractivity contribution in [2.24, 2.45) is 5.92 Å². The molecule has 1 fully saturated rings. The highest BCUT2D eigenvalue weighted by Crippen LogP contribution is 2.36. The van der Waals surface area contributed by atoms with E-state index in [0.717, 1.165) is 31.4 Å². The maximum Gasteiger partial charge on any atom is 0.315 e. The van der Waals surface area contributed by atoms with Crippen LogP contribution in [0.2, 0.25) is 0 Å². The predicted molar refractivity (Wildman–Crippen MR) is 93.2 cm³/mol. The van der Waals surface area contributed by atoms with Gasteiger partial charge in [0.05, 0.1) is 18.3 Å². The molecule has 1 saturated carbocycles. The molecule has 5 nitrogen and oxygen atoms in total. The Kier molecular flexibility index (Phi) is 5.58. The molecule has 0 bridgehead atoms. The molecule has 25 heavy (non-hydrogen) atoms. The van der Waals surface area contributed by atoms with Gasteiger partial charge in [0, 0.05) is 11.8 Å². The zero-order valence-electron chi connectivity index (χ0n) is 14.3. The molecular weight excluding hydrogens is 319 g/mol. The largest absolute Gasteiger partial charge is 0.332 e. The number of hydrogen-bond acceptors (Lipinski definition) is 3. The average Bonchev–Trinajstić information content (AvgIpc) is 3.13. The number of aryl methyl sites for hydroxylation is 1. The summed E-state index contributed by atoms with van der Waals surface area (Å²) < 4.78 is 14.3. The molecule has 1 atom stereocenters. The predicted octanol–water partition coefficient (Wildman–Crippen LogP) is 3.65. The van der Waals surface area contributed by atoms with Gasteiger partial charge in [-0.1, -0.05) is 31.0 Å². The molecule has 132 valence electrons. The summed E-state index contributed by atoms with van der Waals surface area (Å²) in [6, 6.07) is 7.82. The normalized spacial score (nSPS) is 15.8. The minimum absolute atomic E-state index is 0.268. The van der Waals surface area contributed by atoms with Gasteiger partial charge < -0.3 is 10.6 Å². The monoisotopic (exact) mass is 342 g/mol. The molecule has 0 unspecified atom stereocenters. The summed E-state index contributed by atoms with van der Waals surface area (Å²) in [5.74, 6) is 0.657. The Balaban J connectivity index is 1.67. The number of urea groups is 1. The van der Waals surface area contributed by atoms with Gasteiger partial charge in [0.25, 0.3) is 0 Å². The Hall–Kier alpha value is -2.50. The van der Waals surface area contributed by atoms with E-state index in [-0.39, 0.29) is 23.8 Å². The average molecular weight is 342 g/mol. The molecule has 1 aliphatic rings. The molecule has 1 aromatic heterocycles. The van der Waals surface area contributed by atoms with Crippen molar-refractivity contribution in [2.45, 2.75) is 45.2 Å². The molecule has 1 aromatic carbocycles. The zero-order valence-corrected chi connectivity index (χ0v) is 14.3. The van der Waals surface area contributed by atoms with Gasteiger partial charge in [0.1, 0.15) is 11.6 Å². The number of amides is 2. The lowest BCUT2D eigenvalue weighted by Gasteiger charge is -2.25. The van der Waals surface area contributed by atoms with Crippen molar-refractivity contribution in [3.8, 4) is 0 Å². The SMILES string of the molecule is Cc1nccc(CNC(=O)N[C@@H](c2ccccc2F)C2CCCC2)n1. The fourth-order valence-corrected chi connectivity index (χ4v) is 3.43. The number of carbonyl (C=O) groups excluding carboxylic acids is 1. The summed E-state index contributed by atoms with van der Waals surface area (Å²) in [6.07, 6.45) is 5.92. The third kappa shape index (κ3) is 4.53. The fraction of sp³-hybridized carbons (Fsp3) is 0.421. The third-order valence-corrected chi connectivity index (χ3v) is 4.66. The number of benzene rings is 1. The van der Waals surface area contributed by atoms with Crippen molar-refractivity contribution in [3.63, 3.8) is 0 Å². The van der Waals surface area contributed by atoms with Gasteiger partial charge in [0.15, 0.2) is 0 Å². The number of nitrogens with zero attached hydrogens (tertiary/aromatic N) is 2. The van der Waals surface area contributed by atoms with Crippen LogP contribution in [0.3, 0.4) is 0 Å². The Morgan fingerprint density at radius 3 is 2.76 bits per heavy atom. The quantitative estimate of drug-likeness (QED) is 0.871. The Bertz CT molecular complexity index is 731. The lowest BCUT2D eigenvalue weighted by Crippen LogP contribution is -2.40. The molecule has 6 heteroatoms. The van der Waals surface area contributed by atoms with Crippen LogP contribution in [0, 0.1) is 18.7 Å². The number of aromatic nitrogens is 2. The Morgan fingerprint density at radius 1 is 1.28 bits per heavy atom. The van der Waals surface area contributed by atoms with Crippen molar-refractivity contribution >= 4 is 6.03 Å². The minimum atomic E-state index is -0.309. The standard InChI is InChI=1S/C19H23FN4O/c1-13-21-11-10-15(23-13)12-22-19(25)24-18(14-6-2-3-7-14)16-8-4-5-9-17(16)20/h4-5,8-11,14,18H,2-3,6-7,12H2,1H3,(H2,22,24,25)/t18-/m1/s1. The molecular formula is C19H23FN4O. The third-order valence-electron chi connectivity index (χ3n) is 4.66. The highest BCUT2D eigenvalue weighted by molar-refractivity contribution is 5.74. The summed E-state index contributed by atoms with van der Waals surface area (Å²) >= 11 is 0. The van der Waals surface area contributed by atoms with Gasteiger partial charge in [-0.05, 0) is 37.8 Å². The van der Waals surface area contributed by atoms with E-state index < -0.39 is 0 Å². The van der Waals surface area contributed by atoms with Crippen molar-refractivity contribution in [1.82, 2.24) is 20.6 Å². The number of carbonyl (C=O) groups is 1. The van der Waals surface area contributed by atoms with E-state index in [0.29, 0.717) is 17.9 Å². The highest BCUT2D eigenvalue weighted by atomic mass is 19.1.